The van der Waals surface area contributed by atoms with Crippen LogP contribution in [0.5, 0.6) is 0 Å². The fourth-order valence-electron chi connectivity index (χ4n) is 0.123. The van der Waals surface area contributed by atoms with E-state index in [2.05, 4.69) is 4.74 Å². The Morgan fingerprint density at radius 2 is 1.91 bits per heavy atom. The molecule has 0 aliphatic heterocycles. The van der Waals surface area contributed by atoms with Gasteiger partial charge in [0, 0.05) is 0 Å². The minimum atomic E-state index is -1.21. The number of carboxylic acid groups (broad SMARTS) is 1. The first kappa shape index (κ1) is 12.9. The van der Waals surface area contributed by atoms with E-state index in [1.807, 2.05) is 6.92 Å². The summed E-state index contributed by atoms with van der Waals surface area (Å²) in [7, 11) is 0. The van der Waals surface area contributed by atoms with E-state index >= 15 is 0 Å². The lowest BCUT2D eigenvalue weighted by Gasteiger charge is -1.90. The number of aliphatic hydroxyl groups is 1. The van der Waals surface area contributed by atoms with Crippen LogP contribution in [0, 0.1) is 0 Å². The maximum absolute atomic E-state index is 9.38. The van der Waals surface area contributed by atoms with Gasteiger partial charge in [0.25, 0.3) is 0 Å². The molecule has 0 spiro atoms. The molecule has 0 aliphatic rings. The van der Waals surface area contributed by atoms with Gasteiger partial charge in [-0.1, -0.05) is 6.92 Å². The normalized spacial score (nSPS) is 10.9. The average Bonchev–Trinajstić information content (AvgIpc) is 1.89. The van der Waals surface area contributed by atoms with E-state index in [0.29, 0.717) is 0 Å². The van der Waals surface area contributed by atoms with Crippen molar-refractivity contribution in [2.75, 3.05) is 6.61 Å². The van der Waals surface area contributed by atoms with Gasteiger partial charge in [0.2, 0.25) is 0 Å². The molecule has 0 aromatic rings. The summed E-state index contributed by atoms with van der Waals surface area (Å²) in [6, 6.07) is 0. The highest BCUT2D eigenvalue weighted by Gasteiger charge is 1.86. The molecule has 0 aromatic heterocycles. The predicted octanol–water partition coefficient (Wildman–Crippen LogP) is 1.48. The Morgan fingerprint density at radius 3 is 1.91 bits per heavy atom. The molecular formula is C7H16O4. The molecule has 11 heavy (non-hydrogen) atoms. The molecule has 1 unspecified atom stereocenters. The van der Waals surface area contributed by atoms with Crippen LogP contribution in [-0.2, 0) is 4.74 Å². The number of rotatable bonds is 2. The van der Waals surface area contributed by atoms with E-state index in [1.54, 1.807) is 13.8 Å². The average molecular weight is 164 g/mol. The summed E-state index contributed by atoms with van der Waals surface area (Å²) in [5, 5.41) is 16.1. The first-order chi connectivity index (χ1) is 5.04. The van der Waals surface area contributed by atoms with E-state index in [4.69, 9.17) is 10.2 Å². The molecular weight excluding hydrogens is 148 g/mol. The zero-order valence-corrected chi connectivity index (χ0v) is 7.20. The summed E-state index contributed by atoms with van der Waals surface area (Å²) in [6.45, 7) is 5.58. The molecule has 0 saturated heterocycles. The minimum Gasteiger partial charge on any atom is -0.450 e. The van der Waals surface area contributed by atoms with Gasteiger partial charge in [0.1, 0.15) is 0 Å². The first-order valence-electron chi connectivity index (χ1n) is 3.58. The van der Waals surface area contributed by atoms with Crippen LogP contribution >= 0.6 is 0 Å². The summed E-state index contributed by atoms with van der Waals surface area (Å²) in [5.74, 6) is 0. The molecule has 0 bridgehead atoms. The summed E-state index contributed by atoms with van der Waals surface area (Å²) in [4.78, 5) is 9.38. The molecule has 4 nitrogen and oxygen atoms in total. The van der Waals surface area contributed by atoms with Gasteiger partial charge in [0.05, 0.1) is 12.7 Å². The topological polar surface area (TPSA) is 66.8 Å². The Balaban J connectivity index is 0. The first-order valence-corrected chi connectivity index (χ1v) is 3.58. The zero-order valence-electron chi connectivity index (χ0n) is 7.20. The summed E-state index contributed by atoms with van der Waals surface area (Å²) in [5.41, 5.74) is 0. The number of aliphatic hydroxyl groups excluding tert-OH is 1. The Labute approximate surface area is 66.8 Å². The monoisotopic (exact) mass is 164 g/mol. The van der Waals surface area contributed by atoms with Crippen molar-refractivity contribution >= 4 is 6.16 Å². The Hall–Kier alpha value is -0.770. The molecule has 0 heterocycles. The molecule has 0 saturated carbocycles. The molecule has 0 radical (unpaired) electrons. The van der Waals surface area contributed by atoms with Crippen molar-refractivity contribution in [3.63, 3.8) is 0 Å². The van der Waals surface area contributed by atoms with Crippen molar-refractivity contribution in [1.29, 1.82) is 0 Å². The van der Waals surface area contributed by atoms with Gasteiger partial charge in [-0.25, -0.2) is 4.79 Å². The Morgan fingerprint density at radius 1 is 1.55 bits per heavy atom. The highest BCUT2D eigenvalue weighted by Crippen LogP contribution is 1.81. The Bertz CT molecular complexity index is 90.4. The standard InChI is InChI=1S/C4H10O.C3H6O3/c1-3-4(2)5;1-2-6-3(4)5/h4-5H,3H2,1-2H3;2H2,1H3,(H,4,5). The van der Waals surface area contributed by atoms with Crippen molar-refractivity contribution in [2.24, 2.45) is 0 Å². The van der Waals surface area contributed by atoms with Crippen molar-refractivity contribution in [2.45, 2.75) is 33.3 Å². The van der Waals surface area contributed by atoms with Crippen LogP contribution in [0.15, 0.2) is 0 Å². The molecule has 0 rings (SSSR count). The SMILES string of the molecule is CCC(C)O.CCOC(=O)O. The van der Waals surface area contributed by atoms with E-state index in [9.17, 15) is 4.79 Å². The highest BCUT2D eigenvalue weighted by atomic mass is 16.7. The molecule has 0 amide bonds. The van der Waals surface area contributed by atoms with Crippen molar-refractivity contribution in [1.82, 2.24) is 0 Å². The van der Waals surface area contributed by atoms with Gasteiger partial charge in [-0.2, -0.15) is 0 Å². The lowest BCUT2D eigenvalue weighted by atomic mass is 10.3. The second kappa shape index (κ2) is 9.23. The number of carbonyl (C=O) groups is 1. The fraction of sp³-hybridized carbons (Fsp3) is 0.857. The van der Waals surface area contributed by atoms with Crippen LogP contribution in [0.1, 0.15) is 27.2 Å². The van der Waals surface area contributed by atoms with Gasteiger partial charge in [0.15, 0.2) is 0 Å². The maximum Gasteiger partial charge on any atom is 0.505 e. The third-order valence-electron chi connectivity index (χ3n) is 0.859. The predicted molar refractivity (Wildman–Crippen MR) is 41.6 cm³/mol. The zero-order chi connectivity index (χ0) is 9.28. The van der Waals surface area contributed by atoms with Gasteiger partial charge < -0.3 is 14.9 Å². The van der Waals surface area contributed by atoms with Crippen LogP contribution in [0.3, 0.4) is 0 Å². The van der Waals surface area contributed by atoms with Crippen LogP contribution in [-0.4, -0.2) is 29.1 Å². The van der Waals surface area contributed by atoms with Crippen LogP contribution in [0.25, 0.3) is 0 Å². The third-order valence-corrected chi connectivity index (χ3v) is 0.859. The van der Waals surface area contributed by atoms with Crippen molar-refractivity contribution < 1.29 is 19.7 Å². The highest BCUT2D eigenvalue weighted by molar-refractivity contribution is 5.56. The second-order valence-electron chi connectivity index (χ2n) is 1.96. The van der Waals surface area contributed by atoms with Gasteiger partial charge in [-0.3, -0.25) is 0 Å². The molecule has 0 aliphatic carbocycles. The molecule has 2 N–H and O–H groups in total. The van der Waals surface area contributed by atoms with Crippen LogP contribution in [0.2, 0.25) is 0 Å². The van der Waals surface area contributed by atoms with Gasteiger partial charge in [-0.15, -0.1) is 0 Å². The summed E-state index contributed by atoms with van der Waals surface area (Å²) < 4.78 is 3.96. The van der Waals surface area contributed by atoms with E-state index in [0.717, 1.165) is 6.42 Å². The molecule has 1 atom stereocenters. The second-order valence-corrected chi connectivity index (χ2v) is 1.96. The largest absolute Gasteiger partial charge is 0.505 e. The van der Waals surface area contributed by atoms with Gasteiger partial charge in [-0.05, 0) is 20.3 Å². The molecule has 68 valence electrons. The summed E-state index contributed by atoms with van der Waals surface area (Å²) in [6.07, 6.45) is -0.465. The summed E-state index contributed by atoms with van der Waals surface area (Å²) >= 11 is 0. The number of ether oxygens (including phenoxy) is 1. The lowest BCUT2D eigenvalue weighted by Crippen LogP contribution is -1.97. The Kier molecular flexibility index (Phi) is 10.8. The molecule has 0 aromatic carbocycles. The van der Waals surface area contributed by atoms with Crippen LogP contribution in [0.4, 0.5) is 4.79 Å². The maximum atomic E-state index is 9.38. The third kappa shape index (κ3) is 27.0. The quantitative estimate of drug-likeness (QED) is 0.606. The molecule has 0 fully saturated rings. The number of hydrogen-bond donors (Lipinski definition) is 2. The fourth-order valence-corrected chi connectivity index (χ4v) is 0.123. The van der Waals surface area contributed by atoms with E-state index in [1.165, 1.54) is 0 Å². The number of hydrogen-bond acceptors (Lipinski definition) is 3. The smallest absolute Gasteiger partial charge is 0.450 e. The minimum absolute atomic E-state index is 0.116. The van der Waals surface area contributed by atoms with E-state index in [-0.39, 0.29) is 12.7 Å². The molecule has 4 heteroatoms. The van der Waals surface area contributed by atoms with Gasteiger partial charge >= 0.3 is 6.16 Å². The lowest BCUT2D eigenvalue weighted by molar-refractivity contribution is 0.0966. The van der Waals surface area contributed by atoms with E-state index < -0.39 is 6.16 Å². The van der Waals surface area contributed by atoms with Crippen molar-refractivity contribution in [3.05, 3.63) is 0 Å². The van der Waals surface area contributed by atoms with Crippen LogP contribution < -0.4 is 0 Å². The van der Waals surface area contributed by atoms with Crippen molar-refractivity contribution in [3.8, 4) is 0 Å².